The van der Waals surface area contributed by atoms with E-state index in [0.717, 1.165) is 28.3 Å². The third-order valence-corrected chi connectivity index (χ3v) is 6.31. The van der Waals surface area contributed by atoms with Gasteiger partial charge >= 0.3 is 0 Å². The second kappa shape index (κ2) is 13.7. The summed E-state index contributed by atoms with van der Waals surface area (Å²) in [5.74, 6) is -1.55. The van der Waals surface area contributed by atoms with Crippen LogP contribution in [0.4, 0.5) is 8.78 Å². The Morgan fingerprint density at radius 1 is 1.05 bits per heavy atom. The van der Waals surface area contributed by atoms with E-state index in [-0.39, 0.29) is 19.5 Å². The first-order valence-electron chi connectivity index (χ1n) is 13.0. The van der Waals surface area contributed by atoms with E-state index in [4.69, 9.17) is 0 Å². The SMILES string of the molecule is C/C=C/c1cccc(CNC[C@@H](O)[C@H](Cc2cc(F)cc(F)c2)NC(=O)Cn2nnc(-c3ccccc3C)n2)c1. The van der Waals surface area contributed by atoms with Crippen LogP contribution in [0.1, 0.15) is 29.2 Å². The van der Waals surface area contributed by atoms with Crippen LogP contribution < -0.4 is 10.6 Å². The molecular weight excluding hydrogens is 514 g/mol. The highest BCUT2D eigenvalue weighted by atomic mass is 19.1. The van der Waals surface area contributed by atoms with Crippen LogP contribution in [0.3, 0.4) is 0 Å². The van der Waals surface area contributed by atoms with Crippen LogP contribution in [-0.2, 0) is 24.3 Å². The van der Waals surface area contributed by atoms with Gasteiger partial charge < -0.3 is 15.7 Å². The Morgan fingerprint density at radius 3 is 2.58 bits per heavy atom. The molecule has 1 aromatic heterocycles. The largest absolute Gasteiger partial charge is 0.390 e. The maximum atomic E-state index is 13.8. The molecule has 3 aromatic carbocycles. The van der Waals surface area contributed by atoms with Crippen molar-refractivity contribution in [3.63, 3.8) is 0 Å². The van der Waals surface area contributed by atoms with Gasteiger partial charge in [-0.15, -0.1) is 10.2 Å². The number of halogens is 2. The predicted octanol–water partition coefficient (Wildman–Crippen LogP) is 3.84. The molecule has 3 N–H and O–H groups in total. The summed E-state index contributed by atoms with van der Waals surface area (Å²) in [7, 11) is 0. The number of benzene rings is 3. The lowest BCUT2D eigenvalue weighted by Crippen LogP contribution is -2.49. The maximum absolute atomic E-state index is 13.8. The third-order valence-electron chi connectivity index (χ3n) is 6.31. The molecule has 4 aromatic rings. The Morgan fingerprint density at radius 2 is 1.82 bits per heavy atom. The number of tetrazole rings is 1. The van der Waals surface area contributed by atoms with Crippen LogP contribution >= 0.6 is 0 Å². The van der Waals surface area contributed by atoms with Gasteiger partial charge in [0, 0.05) is 24.7 Å². The van der Waals surface area contributed by atoms with Crippen LogP contribution in [0, 0.1) is 18.6 Å². The monoisotopic (exact) mass is 546 g/mol. The minimum atomic E-state index is -1.06. The van der Waals surface area contributed by atoms with E-state index in [9.17, 15) is 18.7 Å². The molecule has 2 atom stereocenters. The van der Waals surface area contributed by atoms with E-state index in [1.54, 1.807) is 0 Å². The lowest BCUT2D eigenvalue weighted by atomic mass is 10.0. The standard InChI is InChI=1S/C30H32F2N6O2/c1-3-7-21-9-6-10-22(12-21)17-33-18-28(39)27(15-23-13-24(31)16-25(32)14-23)34-29(40)19-38-36-30(35-37-38)26-11-5-4-8-20(26)2/h3-14,16,27-28,33,39H,15,17-19H2,1-2H3,(H,34,40)/b7-3+/t27-,28+/m0/s1. The number of hydrogen-bond acceptors (Lipinski definition) is 6. The van der Waals surface area contributed by atoms with E-state index in [1.165, 1.54) is 16.9 Å². The van der Waals surface area contributed by atoms with E-state index in [0.29, 0.717) is 17.9 Å². The number of amides is 1. The molecule has 0 saturated carbocycles. The number of aliphatic hydroxyl groups excluding tert-OH is 1. The molecule has 1 heterocycles. The second-order valence-electron chi connectivity index (χ2n) is 9.56. The van der Waals surface area contributed by atoms with Crippen LogP contribution in [0.15, 0.2) is 72.8 Å². The van der Waals surface area contributed by atoms with Gasteiger partial charge in [-0.3, -0.25) is 4.79 Å². The molecule has 0 aliphatic carbocycles. The predicted molar refractivity (Wildman–Crippen MR) is 149 cm³/mol. The minimum absolute atomic E-state index is 0.0132. The summed E-state index contributed by atoms with van der Waals surface area (Å²) < 4.78 is 27.7. The van der Waals surface area contributed by atoms with E-state index in [2.05, 4.69) is 26.0 Å². The topological polar surface area (TPSA) is 105 Å². The number of allylic oxidation sites excluding steroid dienone is 1. The van der Waals surface area contributed by atoms with Crippen molar-refractivity contribution >= 4 is 12.0 Å². The summed E-state index contributed by atoms with van der Waals surface area (Å²) in [6.07, 6.45) is 2.91. The van der Waals surface area contributed by atoms with Gasteiger partial charge in [-0.2, -0.15) is 4.80 Å². The van der Waals surface area contributed by atoms with Crippen molar-refractivity contribution in [1.82, 2.24) is 30.8 Å². The van der Waals surface area contributed by atoms with E-state index < -0.39 is 29.7 Å². The lowest BCUT2D eigenvalue weighted by Gasteiger charge is -2.25. The van der Waals surface area contributed by atoms with E-state index in [1.807, 2.05) is 74.5 Å². The summed E-state index contributed by atoms with van der Waals surface area (Å²) in [6, 6.07) is 17.8. The van der Waals surface area contributed by atoms with Gasteiger partial charge in [0.2, 0.25) is 11.7 Å². The fraction of sp³-hybridized carbons (Fsp3) is 0.267. The number of nitrogens with zero attached hydrogens (tertiary/aromatic N) is 4. The molecule has 208 valence electrons. The van der Waals surface area contributed by atoms with Gasteiger partial charge in [-0.05, 0) is 59.9 Å². The van der Waals surface area contributed by atoms with Crippen LogP contribution in [0.5, 0.6) is 0 Å². The molecular formula is C30H32F2N6O2. The van der Waals surface area contributed by atoms with Gasteiger partial charge in [0.15, 0.2) is 0 Å². The Bertz CT molecular complexity index is 1450. The first-order chi connectivity index (χ1) is 19.3. The number of rotatable bonds is 12. The molecule has 1 amide bonds. The highest BCUT2D eigenvalue weighted by molar-refractivity contribution is 5.76. The van der Waals surface area contributed by atoms with Crippen LogP contribution in [-0.4, -0.2) is 49.9 Å². The normalized spacial score (nSPS) is 12.9. The summed E-state index contributed by atoms with van der Waals surface area (Å²) >= 11 is 0. The molecule has 0 unspecified atom stereocenters. The molecule has 0 aliphatic heterocycles. The van der Waals surface area contributed by atoms with Gasteiger partial charge in [-0.1, -0.05) is 60.7 Å². The zero-order valence-corrected chi connectivity index (χ0v) is 22.4. The smallest absolute Gasteiger partial charge is 0.243 e. The second-order valence-corrected chi connectivity index (χ2v) is 9.56. The van der Waals surface area contributed by atoms with Gasteiger partial charge in [0.05, 0.1) is 12.1 Å². The van der Waals surface area contributed by atoms with Gasteiger partial charge in [0.25, 0.3) is 0 Å². The number of carbonyl (C=O) groups excluding carboxylic acids is 1. The van der Waals surface area contributed by atoms with Crippen molar-refractivity contribution in [3.8, 4) is 11.4 Å². The summed E-state index contributed by atoms with van der Waals surface area (Å²) in [6.45, 7) is 4.25. The Kier molecular flexibility index (Phi) is 9.82. The average molecular weight is 547 g/mol. The quantitative estimate of drug-likeness (QED) is 0.250. The summed E-state index contributed by atoms with van der Waals surface area (Å²) in [5.41, 5.74) is 4.17. The number of carbonyl (C=O) groups is 1. The van der Waals surface area contributed by atoms with Crippen molar-refractivity contribution in [1.29, 1.82) is 0 Å². The summed E-state index contributed by atoms with van der Waals surface area (Å²) in [5, 5.41) is 29.3. The van der Waals surface area contributed by atoms with Crippen molar-refractivity contribution in [2.45, 2.75) is 45.5 Å². The number of nitrogens with one attached hydrogen (secondary N) is 2. The Hall–Kier alpha value is -4.28. The number of hydrogen-bond donors (Lipinski definition) is 3. The lowest BCUT2D eigenvalue weighted by molar-refractivity contribution is -0.123. The van der Waals surface area contributed by atoms with Gasteiger partial charge in [-0.25, -0.2) is 8.78 Å². The molecule has 0 fully saturated rings. The summed E-state index contributed by atoms with van der Waals surface area (Å²) in [4.78, 5) is 14.1. The number of aliphatic hydroxyl groups is 1. The Balaban J connectivity index is 1.42. The molecule has 0 aliphatic rings. The maximum Gasteiger partial charge on any atom is 0.243 e. The van der Waals surface area contributed by atoms with Crippen molar-refractivity contribution in [2.24, 2.45) is 0 Å². The highest BCUT2D eigenvalue weighted by Crippen LogP contribution is 2.18. The van der Waals surface area contributed by atoms with E-state index >= 15 is 0 Å². The van der Waals surface area contributed by atoms with Crippen molar-refractivity contribution in [3.05, 3.63) is 107 Å². The molecule has 0 bridgehead atoms. The molecule has 10 heteroatoms. The third kappa shape index (κ3) is 8.11. The molecule has 0 radical (unpaired) electrons. The molecule has 40 heavy (non-hydrogen) atoms. The molecule has 4 rings (SSSR count). The van der Waals surface area contributed by atoms with Crippen LogP contribution in [0.25, 0.3) is 17.5 Å². The molecule has 0 saturated heterocycles. The molecule has 8 nitrogen and oxygen atoms in total. The zero-order valence-electron chi connectivity index (χ0n) is 22.4. The van der Waals surface area contributed by atoms with Crippen molar-refractivity contribution < 1.29 is 18.7 Å². The van der Waals surface area contributed by atoms with Crippen LogP contribution in [0.2, 0.25) is 0 Å². The molecule has 0 spiro atoms. The van der Waals surface area contributed by atoms with Crippen molar-refractivity contribution in [2.75, 3.05) is 6.54 Å². The first kappa shape index (κ1) is 28.7. The number of aromatic nitrogens is 4. The Labute approximate surface area is 231 Å². The number of aryl methyl sites for hydroxylation is 1. The average Bonchev–Trinajstić information content (AvgIpc) is 3.36. The fourth-order valence-electron chi connectivity index (χ4n) is 4.39. The van der Waals surface area contributed by atoms with Gasteiger partial charge in [0.1, 0.15) is 18.2 Å². The fourth-order valence-corrected chi connectivity index (χ4v) is 4.39. The minimum Gasteiger partial charge on any atom is -0.390 e. The highest BCUT2D eigenvalue weighted by Gasteiger charge is 2.23. The zero-order chi connectivity index (χ0) is 28.5. The first-order valence-corrected chi connectivity index (χ1v) is 13.0.